The summed E-state index contributed by atoms with van der Waals surface area (Å²) in [5.74, 6) is 12.6. The van der Waals surface area contributed by atoms with Crippen LogP contribution < -0.4 is 0 Å². The van der Waals surface area contributed by atoms with E-state index in [1.54, 1.807) is 0 Å². The van der Waals surface area contributed by atoms with E-state index >= 15 is 0 Å². The van der Waals surface area contributed by atoms with Gasteiger partial charge in [0.05, 0.1) is 0 Å². The minimum absolute atomic E-state index is 0.972. The lowest BCUT2D eigenvalue weighted by Gasteiger charge is -1.87. The summed E-state index contributed by atoms with van der Waals surface area (Å²) >= 11 is 0. The summed E-state index contributed by atoms with van der Waals surface area (Å²) in [5.41, 5.74) is 0. The molecule has 0 aliphatic carbocycles. The molecule has 0 spiro atoms. The van der Waals surface area contributed by atoms with Crippen LogP contribution in [0.4, 0.5) is 0 Å². The fraction of sp³-hybridized carbons (Fsp3) is 0.556. The number of rotatable bonds is 7. The van der Waals surface area contributed by atoms with Crippen molar-refractivity contribution in [2.75, 3.05) is 0 Å². The zero-order valence-electron chi connectivity index (χ0n) is 12.0. The highest BCUT2D eigenvalue weighted by Gasteiger charge is 1.79. The fourth-order valence-corrected chi connectivity index (χ4v) is 1.33. The average Bonchev–Trinajstić information content (AvgIpc) is 2.39. The zero-order chi connectivity index (χ0) is 13.3. The van der Waals surface area contributed by atoms with Gasteiger partial charge in [0.2, 0.25) is 0 Å². The van der Waals surface area contributed by atoms with Gasteiger partial charge in [0.15, 0.2) is 0 Å². The molecular weight excluding hydrogens is 216 g/mol. The molecule has 0 aliphatic heterocycles. The van der Waals surface area contributed by atoms with E-state index in [1.807, 2.05) is 0 Å². The molecule has 0 amide bonds. The predicted octanol–water partition coefficient (Wildman–Crippen LogP) is 5.27. The standard InChI is InChI=1S/C18H26/c1-3-5-7-9-11-13-15-17-18-16-14-12-10-8-6-4-2/h15-18H,3-5,10-14H2,1-2H3. The second-order valence-corrected chi connectivity index (χ2v) is 4.10. The number of unbranched alkanes of at least 4 members (excludes halogenated alkanes) is 4. The van der Waals surface area contributed by atoms with Crippen LogP contribution in [-0.4, -0.2) is 0 Å². The van der Waals surface area contributed by atoms with Gasteiger partial charge in [-0.1, -0.05) is 38.2 Å². The maximum absolute atomic E-state index is 3.18. The SMILES string of the molecule is CCC#CCCCC=CC=CCCC#CCCC. The molecule has 0 bridgehead atoms. The summed E-state index contributed by atoms with van der Waals surface area (Å²) < 4.78 is 0. The molecule has 0 atom stereocenters. The Labute approximate surface area is 114 Å². The molecule has 0 unspecified atom stereocenters. The normalized spacial score (nSPS) is 10.1. The first-order valence-electron chi connectivity index (χ1n) is 7.14. The van der Waals surface area contributed by atoms with Gasteiger partial charge in [0, 0.05) is 25.7 Å². The lowest BCUT2D eigenvalue weighted by atomic mass is 10.2. The maximum Gasteiger partial charge on any atom is 0.0123 e. The van der Waals surface area contributed by atoms with Crippen LogP contribution in [0.15, 0.2) is 24.3 Å². The summed E-state index contributed by atoms with van der Waals surface area (Å²) in [7, 11) is 0. The molecular formula is C18H26. The van der Waals surface area contributed by atoms with Crippen LogP contribution in [0.2, 0.25) is 0 Å². The summed E-state index contributed by atoms with van der Waals surface area (Å²) in [6.07, 6.45) is 17.2. The minimum atomic E-state index is 0.972. The Morgan fingerprint density at radius 3 is 2.11 bits per heavy atom. The van der Waals surface area contributed by atoms with Crippen LogP contribution in [-0.2, 0) is 0 Å². The second kappa shape index (κ2) is 15.6. The van der Waals surface area contributed by atoms with E-state index in [0.717, 1.165) is 44.9 Å². The smallest absolute Gasteiger partial charge is 0.0123 e. The van der Waals surface area contributed by atoms with E-state index in [-0.39, 0.29) is 0 Å². The van der Waals surface area contributed by atoms with Crippen LogP contribution in [0.25, 0.3) is 0 Å². The molecule has 0 aliphatic rings. The Morgan fingerprint density at radius 1 is 0.722 bits per heavy atom. The third kappa shape index (κ3) is 14.6. The highest BCUT2D eigenvalue weighted by Crippen LogP contribution is 1.96. The Kier molecular flexibility index (Phi) is 14.4. The first kappa shape index (κ1) is 16.6. The van der Waals surface area contributed by atoms with Gasteiger partial charge in [-0.3, -0.25) is 0 Å². The van der Waals surface area contributed by atoms with Crippen LogP contribution in [0.3, 0.4) is 0 Å². The molecule has 0 rings (SSSR count). The predicted molar refractivity (Wildman–Crippen MR) is 82.1 cm³/mol. The molecule has 0 aromatic heterocycles. The van der Waals surface area contributed by atoms with Gasteiger partial charge < -0.3 is 0 Å². The third-order valence-corrected chi connectivity index (χ3v) is 2.29. The average molecular weight is 242 g/mol. The molecule has 18 heavy (non-hydrogen) atoms. The zero-order valence-corrected chi connectivity index (χ0v) is 12.0. The molecule has 0 radical (unpaired) electrons. The summed E-state index contributed by atoms with van der Waals surface area (Å²) in [6, 6.07) is 0. The first-order valence-corrected chi connectivity index (χ1v) is 7.14. The van der Waals surface area contributed by atoms with Crippen molar-refractivity contribution in [1.82, 2.24) is 0 Å². The van der Waals surface area contributed by atoms with Gasteiger partial charge in [-0.2, -0.15) is 0 Å². The van der Waals surface area contributed by atoms with E-state index in [2.05, 4.69) is 61.8 Å². The van der Waals surface area contributed by atoms with Crippen molar-refractivity contribution < 1.29 is 0 Å². The highest BCUT2D eigenvalue weighted by atomic mass is 13.8. The second-order valence-electron chi connectivity index (χ2n) is 4.10. The van der Waals surface area contributed by atoms with E-state index < -0.39 is 0 Å². The summed E-state index contributed by atoms with van der Waals surface area (Å²) in [5, 5.41) is 0. The van der Waals surface area contributed by atoms with Gasteiger partial charge in [-0.05, 0) is 25.7 Å². The van der Waals surface area contributed by atoms with Crippen molar-refractivity contribution in [1.29, 1.82) is 0 Å². The number of allylic oxidation sites excluding steroid dienone is 4. The van der Waals surface area contributed by atoms with E-state index in [4.69, 9.17) is 0 Å². The van der Waals surface area contributed by atoms with Crippen molar-refractivity contribution >= 4 is 0 Å². The Morgan fingerprint density at radius 2 is 1.39 bits per heavy atom. The molecule has 0 aromatic rings. The Hall–Kier alpha value is -1.40. The molecule has 0 heterocycles. The molecule has 0 saturated heterocycles. The van der Waals surface area contributed by atoms with Crippen LogP contribution in [0.5, 0.6) is 0 Å². The molecule has 0 saturated carbocycles. The molecule has 0 aromatic carbocycles. The monoisotopic (exact) mass is 242 g/mol. The van der Waals surface area contributed by atoms with E-state index in [0.29, 0.717) is 0 Å². The van der Waals surface area contributed by atoms with E-state index in [1.165, 1.54) is 6.42 Å². The van der Waals surface area contributed by atoms with Crippen molar-refractivity contribution in [3.05, 3.63) is 24.3 Å². The largest absolute Gasteiger partial charge is 0.104 e. The summed E-state index contributed by atoms with van der Waals surface area (Å²) in [4.78, 5) is 0. The van der Waals surface area contributed by atoms with Crippen LogP contribution in [0, 0.1) is 23.7 Å². The van der Waals surface area contributed by atoms with Crippen LogP contribution in [0.1, 0.15) is 65.2 Å². The lowest BCUT2D eigenvalue weighted by molar-refractivity contribution is 0.884. The van der Waals surface area contributed by atoms with Gasteiger partial charge in [-0.15, -0.1) is 23.7 Å². The molecule has 98 valence electrons. The first-order chi connectivity index (χ1) is 8.91. The van der Waals surface area contributed by atoms with Gasteiger partial charge >= 0.3 is 0 Å². The Bertz CT molecular complexity index is 336. The molecule has 0 nitrogen and oxygen atoms in total. The number of hydrogen-bond acceptors (Lipinski definition) is 0. The topological polar surface area (TPSA) is 0 Å². The molecule has 0 heteroatoms. The highest BCUT2D eigenvalue weighted by molar-refractivity contribution is 5.05. The molecule has 0 N–H and O–H groups in total. The van der Waals surface area contributed by atoms with Gasteiger partial charge in [-0.25, -0.2) is 0 Å². The maximum atomic E-state index is 3.18. The van der Waals surface area contributed by atoms with Gasteiger partial charge in [0.1, 0.15) is 0 Å². The van der Waals surface area contributed by atoms with Crippen LogP contribution >= 0.6 is 0 Å². The third-order valence-electron chi connectivity index (χ3n) is 2.29. The minimum Gasteiger partial charge on any atom is -0.104 e. The summed E-state index contributed by atoms with van der Waals surface area (Å²) in [6.45, 7) is 4.25. The van der Waals surface area contributed by atoms with Crippen molar-refractivity contribution in [3.63, 3.8) is 0 Å². The lowest BCUT2D eigenvalue weighted by Crippen LogP contribution is -1.69. The Balaban J connectivity index is 3.38. The fourth-order valence-electron chi connectivity index (χ4n) is 1.33. The number of hydrogen-bond donors (Lipinski definition) is 0. The van der Waals surface area contributed by atoms with Crippen molar-refractivity contribution in [3.8, 4) is 23.7 Å². The van der Waals surface area contributed by atoms with Gasteiger partial charge in [0.25, 0.3) is 0 Å². The van der Waals surface area contributed by atoms with E-state index in [9.17, 15) is 0 Å². The van der Waals surface area contributed by atoms with Crippen molar-refractivity contribution in [2.24, 2.45) is 0 Å². The quantitative estimate of drug-likeness (QED) is 0.324. The molecule has 0 fully saturated rings. The van der Waals surface area contributed by atoms with Crippen molar-refractivity contribution in [2.45, 2.75) is 65.2 Å².